The maximum Gasteiger partial charge on any atom is 0.251 e. The number of hydrogen-bond acceptors (Lipinski definition) is 3. The number of anilines is 1. The van der Waals surface area contributed by atoms with Crippen LogP contribution in [0.3, 0.4) is 0 Å². The second-order valence-corrected chi connectivity index (χ2v) is 7.35. The van der Waals surface area contributed by atoms with E-state index in [1.165, 1.54) is 19.3 Å². The second-order valence-electron chi connectivity index (χ2n) is 7.35. The maximum atomic E-state index is 12.2. The third-order valence-corrected chi connectivity index (χ3v) is 5.30. The summed E-state index contributed by atoms with van der Waals surface area (Å²) in [6, 6.07) is 13.1. The number of aromatic amines is 1. The van der Waals surface area contributed by atoms with Gasteiger partial charge in [0.05, 0.1) is 11.0 Å². The van der Waals surface area contributed by atoms with Gasteiger partial charge in [0.2, 0.25) is 5.91 Å². The minimum atomic E-state index is -0.159. The summed E-state index contributed by atoms with van der Waals surface area (Å²) < 4.78 is 0. The molecule has 6 nitrogen and oxygen atoms in total. The van der Waals surface area contributed by atoms with E-state index >= 15 is 0 Å². The molecule has 1 aliphatic rings. The lowest BCUT2D eigenvalue weighted by Crippen LogP contribution is -2.28. The summed E-state index contributed by atoms with van der Waals surface area (Å²) in [4.78, 5) is 32.4. The maximum absolute atomic E-state index is 12.2. The first kappa shape index (κ1) is 18.2. The first-order valence-electron chi connectivity index (χ1n) is 9.73. The van der Waals surface area contributed by atoms with Gasteiger partial charge < -0.3 is 15.6 Å². The van der Waals surface area contributed by atoms with E-state index in [2.05, 4.69) is 20.6 Å². The molecule has 0 unspecified atom stereocenters. The number of amides is 2. The zero-order chi connectivity index (χ0) is 19.5. The van der Waals surface area contributed by atoms with Crippen molar-refractivity contribution in [2.75, 3.05) is 11.9 Å². The number of hydrogen-bond donors (Lipinski definition) is 3. The van der Waals surface area contributed by atoms with Crippen molar-refractivity contribution in [2.45, 2.75) is 38.5 Å². The van der Waals surface area contributed by atoms with Gasteiger partial charge >= 0.3 is 0 Å². The van der Waals surface area contributed by atoms with Gasteiger partial charge in [-0.15, -0.1) is 0 Å². The molecule has 6 heteroatoms. The van der Waals surface area contributed by atoms with Crippen molar-refractivity contribution in [2.24, 2.45) is 0 Å². The number of H-pyrrole nitrogens is 1. The SMILES string of the molecule is Cc1ccccc1C(=O)NCCC(=O)Nc1ccc2nc(C3CCC3)[nH]c2c1. The molecule has 1 heterocycles. The number of aromatic nitrogens is 2. The number of benzene rings is 2. The van der Waals surface area contributed by atoms with E-state index in [-0.39, 0.29) is 24.8 Å². The lowest BCUT2D eigenvalue weighted by Gasteiger charge is -2.22. The summed E-state index contributed by atoms with van der Waals surface area (Å²) in [7, 11) is 0. The van der Waals surface area contributed by atoms with Crippen molar-refractivity contribution in [3.63, 3.8) is 0 Å². The average Bonchev–Trinajstić information content (AvgIpc) is 3.02. The molecule has 0 spiro atoms. The molecule has 0 bridgehead atoms. The molecule has 144 valence electrons. The molecule has 0 radical (unpaired) electrons. The molecule has 2 aromatic carbocycles. The molecule has 0 aliphatic heterocycles. The molecule has 3 aromatic rings. The van der Waals surface area contributed by atoms with E-state index in [4.69, 9.17) is 0 Å². The molecule has 1 aliphatic carbocycles. The van der Waals surface area contributed by atoms with Crippen LogP contribution in [0.15, 0.2) is 42.5 Å². The highest BCUT2D eigenvalue weighted by atomic mass is 16.2. The van der Waals surface area contributed by atoms with E-state index in [1.54, 1.807) is 6.07 Å². The van der Waals surface area contributed by atoms with Crippen LogP contribution in [-0.4, -0.2) is 28.3 Å². The van der Waals surface area contributed by atoms with Gasteiger partial charge in [0.1, 0.15) is 5.82 Å². The molecule has 1 aromatic heterocycles. The van der Waals surface area contributed by atoms with Crippen LogP contribution in [0.2, 0.25) is 0 Å². The zero-order valence-corrected chi connectivity index (χ0v) is 15.9. The average molecular weight is 376 g/mol. The van der Waals surface area contributed by atoms with Gasteiger partial charge in [-0.05, 0) is 49.6 Å². The normalized spacial score (nSPS) is 13.9. The Hall–Kier alpha value is -3.15. The van der Waals surface area contributed by atoms with Crippen molar-refractivity contribution >= 4 is 28.5 Å². The summed E-state index contributed by atoms with van der Waals surface area (Å²) in [5, 5.41) is 5.69. The lowest BCUT2D eigenvalue weighted by molar-refractivity contribution is -0.116. The summed E-state index contributed by atoms with van der Waals surface area (Å²) >= 11 is 0. The lowest BCUT2D eigenvalue weighted by atomic mass is 9.85. The first-order valence-corrected chi connectivity index (χ1v) is 9.73. The van der Waals surface area contributed by atoms with Crippen molar-refractivity contribution in [3.8, 4) is 0 Å². The third-order valence-electron chi connectivity index (χ3n) is 5.30. The molecule has 2 amide bonds. The van der Waals surface area contributed by atoms with E-state index in [1.807, 2.05) is 43.3 Å². The Morgan fingerprint density at radius 3 is 2.75 bits per heavy atom. The monoisotopic (exact) mass is 376 g/mol. The highest BCUT2D eigenvalue weighted by Crippen LogP contribution is 2.35. The molecular formula is C22H24N4O2. The summed E-state index contributed by atoms with van der Waals surface area (Å²) in [5.41, 5.74) is 4.14. The van der Waals surface area contributed by atoms with E-state index < -0.39 is 0 Å². The standard InChI is InChI=1S/C22H24N4O2/c1-14-5-2-3-8-17(14)22(28)23-12-11-20(27)24-16-9-10-18-19(13-16)26-21(25-18)15-6-4-7-15/h2-3,5,8-10,13,15H,4,6-7,11-12H2,1H3,(H,23,28)(H,24,27)(H,25,26). The molecule has 0 saturated heterocycles. The highest BCUT2D eigenvalue weighted by Gasteiger charge is 2.22. The molecule has 3 N–H and O–H groups in total. The fourth-order valence-electron chi connectivity index (χ4n) is 3.42. The first-order chi connectivity index (χ1) is 13.6. The summed E-state index contributed by atoms with van der Waals surface area (Å²) in [5.74, 6) is 1.29. The Bertz CT molecular complexity index is 1020. The summed E-state index contributed by atoms with van der Waals surface area (Å²) in [6.07, 6.45) is 3.87. The Morgan fingerprint density at radius 1 is 1.18 bits per heavy atom. The number of carbonyl (C=O) groups excluding carboxylic acids is 2. The quantitative estimate of drug-likeness (QED) is 0.610. The number of fused-ring (bicyclic) bond motifs is 1. The number of imidazole rings is 1. The highest BCUT2D eigenvalue weighted by molar-refractivity contribution is 5.96. The van der Waals surface area contributed by atoms with Crippen LogP contribution in [0.5, 0.6) is 0 Å². The number of carbonyl (C=O) groups is 2. The molecule has 1 fully saturated rings. The molecule has 4 rings (SSSR count). The van der Waals surface area contributed by atoms with Gasteiger partial charge in [0.15, 0.2) is 0 Å². The van der Waals surface area contributed by atoms with Gasteiger partial charge in [-0.3, -0.25) is 9.59 Å². The minimum Gasteiger partial charge on any atom is -0.352 e. The van der Waals surface area contributed by atoms with Crippen molar-refractivity contribution < 1.29 is 9.59 Å². The number of aryl methyl sites for hydroxylation is 1. The topological polar surface area (TPSA) is 86.9 Å². The molecule has 0 atom stereocenters. The van der Waals surface area contributed by atoms with E-state index in [0.717, 1.165) is 28.1 Å². The Labute approximate surface area is 163 Å². The number of nitrogens with one attached hydrogen (secondary N) is 3. The van der Waals surface area contributed by atoms with Crippen LogP contribution < -0.4 is 10.6 Å². The van der Waals surface area contributed by atoms with Crippen LogP contribution in [0, 0.1) is 6.92 Å². The van der Waals surface area contributed by atoms with Gasteiger partial charge in [-0.2, -0.15) is 0 Å². The minimum absolute atomic E-state index is 0.136. The Morgan fingerprint density at radius 2 is 2.00 bits per heavy atom. The Kier molecular flexibility index (Phi) is 5.10. The van der Waals surface area contributed by atoms with Crippen LogP contribution in [0.1, 0.15) is 53.3 Å². The zero-order valence-electron chi connectivity index (χ0n) is 15.9. The third kappa shape index (κ3) is 3.91. The van der Waals surface area contributed by atoms with Gasteiger partial charge in [-0.1, -0.05) is 24.6 Å². The van der Waals surface area contributed by atoms with Gasteiger partial charge in [0, 0.05) is 30.1 Å². The predicted octanol–water partition coefficient (Wildman–Crippen LogP) is 3.90. The summed E-state index contributed by atoms with van der Waals surface area (Å²) in [6.45, 7) is 2.18. The Balaban J connectivity index is 1.31. The van der Waals surface area contributed by atoms with E-state index in [9.17, 15) is 9.59 Å². The fourth-order valence-corrected chi connectivity index (χ4v) is 3.42. The molecule has 1 saturated carbocycles. The number of nitrogens with zero attached hydrogens (tertiary/aromatic N) is 1. The van der Waals surface area contributed by atoms with Gasteiger partial charge in [-0.25, -0.2) is 4.98 Å². The van der Waals surface area contributed by atoms with E-state index in [0.29, 0.717) is 11.5 Å². The number of rotatable bonds is 6. The van der Waals surface area contributed by atoms with Crippen LogP contribution >= 0.6 is 0 Å². The molecular weight excluding hydrogens is 352 g/mol. The van der Waals surface area contributed by atoms with Gasteiger partial charge in [0.25, 0.3) is 5.91 Å². The van der Waals surface area contributed by atoms with Crippen molar-refractivity contribution in [1.82, 2.24) is 15.3 Å². The van der Waals surface area contributed by atoms with Crippen LogP contribution in [-0.2, 0) is 4.79 Å². The molecule has 28 heavy (non-hydrogen) atoms. The van der Waals surface area contributed by atoms with Crippen molar-refractivity contribution in [1.29, 1.82) is 0 Å². The predicted molar refractivity (Wildman–Crippen MR) is 109 cm³/mol. The largest absolute Gasteiger partial charge is 0.352 e. The van der Waals surface area contributed by atoms with Crippen molar-refractivity contribution in [3.05, 3.63) is 59.4 Å². The van der Waals surface area contributed by atoms with Crippen LogP contribution in [0.4, 0.5) is 5.69 Å². The fraction of sp³-hybridized carbons (Fsp3) is 0.318. The smallest absolute Gasteiger partial charge is 0.251 e. The second kappa shape index (κ2) is 7.84. The van der Waals surface area contributed by atoms with Crippen LogP contribution in [0.25, 0.3) is 11.0 Å².